The summed E-state index contributed by atoms with van der Waals surface area (Å²) in [5.74, 6) is -1.52. The highest BCUT2D eigenvalue weighted by Crippen LogP contribution is 2.16. The van der Waals surface area contributed by atoms with Crippen LogP contribution in [0.25, 0.3) is 5.57 Å². The Morgan fingerprint density at radius 1 is 1.33 bits per heavy atom. The Labute approximate surface area is 74.5 Å². The van der Waals surface area contributed by atoms with Crippen LogP contribution in [0.1, 0.15) is 5.56 Å². The van der Waals surface area contributed by atoms with Crippen molar-refractivity contribution >= 4 is 17.2 Å². The molecule has 0 aliphatic carbocycles. The van der Waals surface area contributed by atoms with Crippen LogP contribution >= 0.6 is 11.6 Å². The molecule has 0 radical (unpaired) electrons. The Bertz CT molecular complexity index is 307. The molecule has 1 aromatic rings. The van der Waals surface area contributed by atoms with Crippen LogP contribution in [-0.4, -0.2) is 5.88 Å². The van der Waals surface area contributed by atoms with Crippen LogP contribution in [0, 0.1) is 11.6 Å². The molecule has 0 N–H and O–H groups in total. The van der Waals surface area contributed by atoms with E-state index < -0.39 is 11.6 Å². The number of halogens is 3. The number of benzene rings is 1. The fourth-order valence-electron chi connectivity index (χ4n) is 0.793. The van der Waals surface area contributed by atoms with Gasteiger partial charge in [0.15, 0.2) is 11.6 Å². The second kappa shape index (κ2) is 3.68. The van der Waals surface area contributed by atoms with Crippen LogP contribution in [0.4, 0.5) is 8.78 Å². The summed E-state index contributed by atoms with van der Waals surface area (Å²) in [5.41, 5.74) is 1.11. The van der Waals surface area contributed by atoms with Crippen molar-refractivity contribution in [2.24, 2.45) is 0 Å². The molecule has 64 valence electrons. The molecule has 0 aliphatic heterocycles. The van der Waals surface area contributed by atoms with Crippen LogP contribution in [0.5, 0.6) is 0 Å². The molecule has 0 spiro atoms. The molecule has 0 atom stereocenters. The van der Waals surface area contributed by atoms with Crippen molar-refractivity contribution in [2.75, 3.05) is 5.88 Å². The first-order valence-electron chi connectivity index (χ1n) is 3.34. The van der Waals surface area contributed by atoms with Crippen LogP contribution < -0.4 is 0 Å². The van der Waals surface area contributed by atoms with Gasteiger partial charge in [-0.1, -0.05) is 12.6 Å². The molecule has 0 aliphatic rings. The summed E-state index contributed by atoms with van der Waals surface area (Å²) in [5, 5.41) is 0. The summed E-state index contributed by atoms with van der Waals surface area (Å²) in [6.45, 7) is 3.59. The third kappa shape index (κ3) is 1.83. The molecule has 12 heavy (non-hydrogen) atoms. The highest BCUT2D eigenvalue weighted by Gasteiger charge is 2.03. The second-order valence-electron chi connectivity index (χ2n) is 2.37. The fourth-order valence-corrected chi connectivity index (χ4v) is 0.948. The van der Waals surface area contributed by atoms with Gasteiger partial charge in [-0.15, -0.1) is 11.6 Å². The minimum Gasteiger partial charge on any atom is -0.204 e. The van der Waals surface area contributed by atoms with Gasteiger partial charge in [-0.25, -0.2) is 8.78 Å². The Balaban J connectivity index is 3.05. The lowest BCUT2D eigenvalue weighted by Gasteiger charge is -2.01. The van der Waals surface area contributed by atoms with E-state index >= 15 is 0 Å². The molecule has 0 amide bonds. The highest BCUT2D eigenvalue weighted by molar-refractivity contribution is 6.23. The van der Waals surface area contributed by atoms with E-state index in [1.165, 1.54) is 6.07 Å². The molecule has 1 aromatic carbocycles. The minimum atomic E-state index is -0.876. The molecular weight excluding hydrogens is 182 g/mol. The van der Waals surface area contributed by atoms with Gasteiger partial charge in [-0.2, -0.15) is 0 Å². The van der Waals surface area contributed by atoms with Gasteiger partial charge in [-0.3, -0.25) is 0 Å². The standard InChI is InChI=1S/C9H7ClF2/c1-6(5-10)7-2-3-8(11)9(12)4-7/h2-4H,1,5H2. The smallest absolute Gasteiger partial charge is 0.159 e. The third-order valence-electron chi connectivity index (χ3n) is 1.49. The van der Waals surface area contributed by atoms with Crippen molar-refractivity contribution < 1.29 is 8.78 Å². The third-order valence-corrected chi connectivity index (χ3v) is 1.81. The normalized spacial score (nSPS) is 9.92. The molecule has 0 saturated heterocycles. The van der Waals surface area contributed by atoms with E-state index in [0.717, 1.165) is 12.1 Å². The fraction of sp³-hybridized carbons (Fsp3) is 0.111. The van der Waals surface area contributed by atoms with Gasteiger partial charge >= 0.3 is 0 Å². The van der Waals surface area contributed by atoms with Crippen molar-refractivity contribution in [3.05, 3.63) is 42.0 Å². The largest absolute Gasteiger partial charge is 0.204 e. The molecule has 0 unspecified atom stereocenters. The summed E-state index contributed by atoms with van der Waals surface area (Å²) in [4.78, 5) is 0. The quantitative estimate of drug-likeness (QED) is 0.626. The van der Waals surface area contributed by atoms with Gasteiger partial charge < -0.3 is 0 Å². The summed E-state index contributed by atoms with van der Waals surface area (Å²) in [6.07, 6.45) is 0. The number of hydrogen-bond acceptors (Lipinski definition) is 0. The van der Waals surface area contributed by atoms with Crippen molar-refractivity contribution in [3.8, 4) is 0 Å². The lowest BCUT2D eigenvalue weighted by molar-refractivity contribution is 0.508. The van der Waals surface area contributed by atoms with Gasteiger partial charge in [0.1, 0.15) is 0 Å². The highest BCUT2D eigenvalue weighted by atomic mass is 35.5. The topological polar surface area (TPSA) is 0 Å². The Hall–Kier alpha value is -0.890. The van der Waals surface area contributed by atoms with Crippen molar-refractivity contribution in [1.82, 2.24) is 0 Å². The number of rotatable bonds is 2. The maximum Gasteiger partial charge on any atom is 0.159 e. The molecule has 0 fully saturated rings. The molecule has 0 saturated carbocycles. The van der Waals surface area contributed by atoms with E-state index in [2.05, 4.69) is 6.58 Å². The lowest BCUT2D eigenvalue weighted by Crippen LogP contribution is -1.88. The molecule has 0 nitrogen and oxygen atoms in total. The van der Waals surface area contributed by atoms with Gasteiger partial charge in [0, 0.05) is 5.88 Å². The number of hydrogen-bond donors (Lipinski definition) is 0. The van der Waals surface area contributed by atoms with Crippen molar-refractivity contribution in [3.63, 3.8) is 0 Å². The van der Waals surface area contributed by atoms with Crippen molar-refractivity contribution in [1.29, 1.82) is 0 Å². The van der Waals surface area contributed by atoms with E-state index in [0.29, 0.717) is 11.1 Å². The van der Waals surface area contributed by atoms with E-state index in [-0.39, 0.29) is 5.88 Å². The average Bonchev–Trinajstić information content (AvgIpc) is 2.08. The molecular formula is C9H7ClF2. The zero-order chi connectivity index (χ0) is 9.14. The van der Waals surface area contributed by atoms with Crippen LogP contribution in [-0.2, 0) is 0 Å². The summed E-state index contributed by atoms with van der Waals surface area (Å²) < 4.78 is 25.0. The van der Waals surface area contributed by atoms with E-state index in [4.69, 9.17) is 11.6 Å². The zero-order valence-electron chi connectivity index (χ0n) is 6.28. The molecule has 1 rings (SSSR count). The van der Waals surface area contributed by atoms with Gasteiger partial charge in [0.2, 0.25) is 0 Å². The van der Waals surface area contributed by atoms with Gasteiger partial charge in [0.25, 0.3) is 0 Å². The zero-order valence-corrected chi connectivity index (χ0v) is 7.04. The first-order valence-corrected chi connectivity index (χ1v) is 3.87. The second-order valence-corrected chi connectivity index (χ2v) is 2.63. The Kier molecular flexibility index (Phi) is 2.82. The van der Waals surface area contributed by atoms with Crippen LogP contribution in [0.2, 0.25) is 0 Å². The van der Waals surface area contributed by atoms with E-state index in [1.54, 1.807) is 0 Å². The van der Waals surface area contributed by atoms with E-state index in [1.807, 2.05) is 0 Å². The number of allylic oxidation sites excluding steroid dienone is 1. The van der Waals surface area contributed by atoms with Crippen molar-refractivity contribution in [2.45, 2.75) is 0 Å². The molecule has 0 aromatic heterocycles. The first-order chi connectivity index (χ1) is 5.65. The van der Waals surface area contributed by atoms with Gasteiger partial charge in [-0.05, 0) is 23.3 Å². The maximum absolute atomic E-state index is 12.6. The Morgan fingerprint density at radius 2 is 2.00 bits per heavy atom. The van der Waals surface area contributed by atoms with Gasteiger partial charge in [0.05, 0.1) is 0 Å². The summed E-state index contributed by atoms with van der Waals surface area (Å²) >= 11 is 5.46. The van der Waals surface area contributed by atoms with Crippen LogP contribution in [0.3, 0.4) is 0 Å². The maximum atomic E-state index is 12.6. The van der Waals surface area contributed by atoms with Crippen LogP contribution in [0.15, 0.2) is 24.8 Å². The first kappa shape index (κ1) is 9.20. The van der Waals surface area contributed by atoms with E-state index in [9.17, 15) is 8.78 Å². The molecule has 3 heteroatoms. The lowest BCUT2D eigenvalue weighted by atomic mass is 10.1. The average molecular weight is 189 g/mol. The summed E-state index contributed by atoms with van der Waals surface area (Å²) in [6, 6.07) is 3.59. The number of alkyl halides is 1. The minimum absolute atomic E-state index is 0.213. The summed E-state index contributed by atoms with van der Waals surface area (Å²) in [7, 11) is 0. The predicted molar refractivity (Wildman–Crippen MR) is 46.1 cm³/mol. The monoisotopic (exact) mass is 188 g/mol. The molecule has 0 bridgehead atoms. The molecule has 0 heterocycles. The predicted octanol–water partition coefficient (Wildman–Crippen LogP) is 3.22. The Morgan fingerprint density at radius 3 is 2.50 bits per heavy atom. The SMILES string of the molecule is C=C(CCl)c1ccc(F)c(F)c1.